The van der Waals surface area contributed by atoms with Gasteiger partial charge in [-0.05, 0) is 50.1 Å². The first-order chi connectivity index (χ1) is 17.9. The molecule has 2 aromatic heterocycles. The molecule has 3 heterocycles. The third-order valence-corrected chi connectivity index (χ3v) is 6.38. The zero-order valence-electron chi connectivity index (χ0n) is 20.9. The van der Waals surface area contributed by atoms with Crippen molar-refractivity contribution in [2.75, 3.05) is 25.0 Å². The number of aromatic nitrogens is 2. The van der Waals surface area contributed by atoms with Gasteiger partial charge in [-0.15, -0.1) is 0 Å². The average Bonchev–Trinajstić information content (AvgIpc) is 2.89. The minimum atomic E-state index is -0.762. The number of carbonyl (C=O) groups excluding carboxylic acids is 2. The van der Waals surface area contributed by atoms with Crippen LogP contribution in [0.4, 0.5) is 20.3 Å². The van der Waals surface area contributed by atoms with Gasteiger partial charge in [-0.3, -0.25) is 14.6 Å². The summed E-state index contributed by atoms with van der Waals surface area (Å²) in [7, 11) is 0. The summed E-state index contributed by atoms with van der Waals surface area (Å²) >= 11 is 0. The Bertz CT molecular complexity index is 1350. The summed E-state index contributed by atoms with van der Waals surface area (Å²) in [5.74, 6) is -0.982. The first kappa shape index (κ1) is 25.9. The summed E-state index contributed by atoms with van der Waals surface area (Å²) in [4.78, 5) is 40.3. The van der Waals surface area contributed by atoms with Crippen LogP contribution in [-0.2, 0) is 16.0 Å². The Balaban J connectivity index is 1.95. The van der Waals surface area contributed by atoms with Crippen LogP contribution in [0.15, 0.2) is 47.6 Å². The number of halogens is 2. The first-order valence-electron chi connectivity index (χ1n) is 12.0. The maximum Gasteiger partial charge on any atom is 0.212 e. The second-order valence-electron chi connectivity index (χ2n) is 8.81. The minimum Gasteiger partial charge on any atom is -0.350 e. The molecule has 4 rings (SSSR count). The lowest BCUT2D eigenvalue weighted by Gasteiger charge is -2.40. The van der Waals surface area contributed by atoms with E-state index in [1.165, 1.54) is 24.3 Å². The van der Waals surface area contributed by atoms with Gasteiger partial charge in [0.2, 0.25) is 12.8 Å². The lowest BCUT2D eigenvalue weighted by molar-refractivity contribution is -0.120. The number of anilines is 1. The molecule has 1 unspecified atom stereocenters. The van der Waals surface area contributed by atoms with Crippen LogP contribution >= 0.6 is 0 Å². The summed E-state index contributed by atoms with van der Waals surface area (Å²) in [6, 6.07) is 8.62. The van der Waals surface area contributed by atoms with Gasteiger partial charge in [0.25, 0.3) is 0 Å². The van der Waals surface area contributed by atoms with Crippen LogP contribution < -0.4 is 5.32 Å². The van der Waals surface area contributed by atoms with E-state index in [2.05, 4.69) is 15.3 Å². The molecule has 1 fully saturated rings. The third-order valence-electron chi connectivity index (χ3n) is 6.38. The first-order valence-corrected chi connectivity index (χ1v) is 12.0. The molecule has 0 aliphatic carbocycles. The van der Waals surface area contributed by atoms with Crippen LogP contribution in [0.3, 0.4) is 0 Å². The second-order valence-corrected chi connectivity index (χ2v) is 8.81. The highest BCUT2D eigenvalue weighted by Crippen LogP contribution is 2.31. The second kappa shape index (κ2) is 11.2. The third kappa shape index (κ3) is 5.32. The summed E-state index contributed by atoms with van der Waals surface area (Å²) in [5.41, 5.74) is 2.27. The van der Waals surface area contributed by atoms with Gasteiger partial charge < -0.3 is 15.1 Å². The lowest BCUT2D eigenvalue weighted by Crippen LogP contribution is -2.53. The molecule has 1 saturated heterocycles. The number of amides is 2. The van der Waals surface area contributed by atoms with Crippen molar-refractivity contribution in [2.45, 2.75) is 33.2 Å². The molecule has 0 radical (unpaired) electrons. The van der Waals surface area contributed by atoms with Crippen LogP contribution in [0, 0.1) is 18.6 Å². The average molecular weight is 507 g/mol. The van der Waals surface area contributed by atoms with Crippen molar-refractivity contribution in [1.82, 2.24) is 19.8 Å². The summed E-state index contributed by atoms with van der Waals surface area (Å²) < 4.78 is 30.0. The molecule has 8 nitrogen and oxygen atoms in total. The van der Waals surface area contributed by atoms with Crippen molar-refractivity contribution in [2.24, 2.45) is 4.99 Å². The number of rotatable bonds is 7. The van der Waals surface area contributed by atoms with Crippen LogP contribution in [0.2, 0.25) is 0 Å². The van der Waals surface area contributed by atoms with Gasteiger partial charge in [-0.2, -0.15) is 0 Å². The number of aliphatic imine (C=N–C) groups is 1. The number of nitrogens with one attached hydrogen (secondary N) is 1. The molecule has 10 heteroatoms. The maximum absolute atomic E-state index is 15.6. The molecule has 37 heavy (non-hydrogen) atoms. The number of hydrogen-bond acceptors (Lipinski definition) is 5. The summed E-state index contributed by atoms with van der Waals surface area (Å²) in [5, 5.41) is 2.55. The van der Waals surface area contributed by atoms with E-state index in [0.717, 1.165) is 17.7 Å². The van der Waals surface area contributed by atoms with E-state index >= 15 is 4.39 Å². The molecule has 2 amide bonds. The standard InChI is InChI=1S/C27H28F2N6O2/c1-4-23-24(17(2)9-10-30-23)33-27(35-12-11-34(16-37)14-18(35)3)20-13-22(29)25(32-26(20)31-15-36)19-7-5-6-8-21(19)28/h5-10,13,15-16,18H,4,11-12,14H2,1-3H3,(H,31,32,36). The molecule has 1 aliphatic heterocycles. The highest BCUT2D eigenvalue weighted by atomic mass is 19.1. The van der Waals surface area contributed by atoms with E-state index in [1.807, 2.05) is 31.7 Å². The van der Waals surface area contributed by atoms with Crippen molar-refractivity contribution in [3.05, 3.63) is 71.1 Å². The van der Waals surface area contributed by atoms with Crippen LogP contribution in [0.1, 0.15) is 30.7 Å². The number of aryl methyl sites for hydroxylation is 2. The van der Waals surface area contributed by atoms with Gasteiger partial charge in [-0.25, -0.2) is 18.8 Å². The highest BCUT2D eigenvalue weighted by molar-refractivity contribution is 6.06. The number of nitrogens with zero attached hydrogens (tertiary/aromatic N) is 5. The predicted molar refractivity (Wildman–Crippen MR) is 138 cm³/mol. The van der Waals surface area contributed by atoms with Crippen molar-refractivity contribution < 1.29 is 18.4 Å². The molecule has 3 aromatic rings. The number of benzene rings is 1. The Morgan fingerprint density at radius 2 is 1.97 bits per heavy atom. The normalized spacial score (nSPS) is 16.0. The molecule has 1 atom stereocenters. The summed E-state index contributed by atoms with van der Waals surface area (Å²) in [6.45, 7) is 7.13. The maximum atomic E-state index is 15.6. The number of amidine groups is 1. The van der Waals surface area contributed by atoms with Crippen LogP contribution in [-0.4, -0.2) is 64.1 Å². The topological polar surface area (TPSA) is 90.8 Å². The van der Waals surface area contributed by atoms with E-state index in [4.69, 9.17) is 4.99 Å². The Morgan fingerprint density at radius 3 is 2.65 bits per heavy atom. The molecular weight excluding hydrogens is 478 g/mol. The molecule has 192 valence electrons. The molecule has 0 spiro atoms. The van der Waals surface area contributed by atoms with Gasteiger partial charge in [0, 0.05) is 37.4 Å². The molecular formula is C27H28F2N6O2. The fourth-order valence-corrected chi connectivity index (χ4v) is 4.47. The highest BCUT2D eigenvalue weighted by Gasteiger charge is 2.30. The molecule has 1 N–H and O–H groups in total. The lowest BCUT2D eigenvalue weighted by atomic mass is 10.1. The Hall–Kier alpha value is -4.21. The van der Waals surface area contributed by atoms with Gasteiger partial charge in [0.1, 0.15) is 29.0 Å². The van der Waals surface area contributed by atoms with E-state index in [0.29, 0.717) is 44.0 Å². The van der Waals surface area contributed by atoms with Gasteiger partial charge >= 0.3 is 0 Å². The Labute approximate surface area is 214 Å². The molecule has 0 bridgehead atoms. The predicted octanol–water partition coefficient (Wildman–Crippen LogP) is 4.10. The zero-order valence-corrected chi connectivity index (χ0v) is 20.9. The van der Waals surface area contributed by atoms with Crippen LogP contribution in [0.5, 0.6) is 0 Å². The van der Waals surface area contributed by atoms with E-state index < -0.39 is 11.6 Å². The summed E-state index contributed by atoms with van der Waals surface area (Å²) in [6.07, 6.45) is 3.57. The fourth-order valence-electron chi connectivity index (χ4n) is 4.47. The Kier molecular flexibility index (Phi) is 7.86. The van der Waals surface area contributed by atoms with Crippen molar-refractivity contribution in [1.29, 1.82) is 0 Å². The van der Waals surface area contributed by atoms with E-state index in [1.54, 1.807) is 17.2 Å². The SMILES string of the molecule is CCc1nccc(C)c1N=C(c1cc(F)c(-c2ccccc2F)nc1NC=O)N1CCN(C=O)CC1C. The molecule has 1 aliphatic rings. The van der Waals surface area contributed by atoms with E-state index in [-0.39, 0.29) is 28.7 Å². The largest absolute Gasteiger partial charge is 0.350 e. The number of carbonyl (C=O) groups is 2. The Morgan fingerprint density at radius 1 is 1.19 bits per heavy atom. The zero-order chi connectivity index (χ0) is 26.5. The van der Waals surface area contributed by atoms with Gasteiger partial charge in [0.15, 0.2) is 0 Å². The number of pyridine rings is 2. The molecule has 0 saturated carbocycles. The van der Waals surface area contributed by atoms with Crippen molar-refractivity contribution in [3.8, 4) is 11.3 Å². The van der Waals surface area contributed by atoms with Gasteiger partial charge in [0.05, 0.1) is 16.9 Å². The van der Waals surface area contributed by atoms with E-state index in [9.17, 15) is 14.0 Å². The number of hydrogen-bond donors (Lipinski definition) is 1. The van der Waals surface area contributed by atoms with Gasteiger partial charge in [-0.1, -0.05) is 19.1 Å². The van der Waals surface area contributed by atoms with Crippen molar-refractivity contribution in [3.63, 3.8) is 0 Å². The molecule has 1 aromatic carbocycles. The fraction of sp³-hybridized carbons (Fsp3) is 0.296. The van der Waals surface area contributed by atoms with Crippen LogP contribution in [0.25, 0.3) is 11.3 Å². The minimum absolute atomic E-state index is 0.0247. The monoisotopic (exact) mass is 506 g/mol. The quantitative estimate of drug-likeness (QED) is 0.296. The smallest absolute Gasteiger partial charge is 0.212 e. The number of piperazine rings is 1. The van der Waals surface area contributed by atoms with Crippen molar-refractivity contribution >= 4 is 30.2 Å².